The van der Waals surface area contributed by atoms with E-state index in [0.717, 1.165) is 6.54 Å². The van der Waals surface area contributed by atoms with Gasteiger partial charge in [0.25, 0.3) is 0 Å². The molecule has 2 nitrogen and oxygen atoms in total. The van der Waals surface area contributed by atoms with Gasteiger partial charge in [0, 0.05) is 24.1 Å². The summed E-state index contributed by atoms with van der Waals surface area (Å²) < 4.78 is 0. The van der Waals surface area contributed by atoms with Crippen molar-refractivity contribution < 1.29 is 5.11 Å². The second kappa shape index (κ2) is 6.75. The zero-order chi connectivity index (χ0) is 12.8. The molecular weight excluding hydrogens is 210 g/mol. The van der Waals surface area contributed by atoms with E-state index in [2.05, 4.69) is 26.1 Å². The first kappa shape index (κ1) is 15.0. The van der Waals surface area contributed by atoms with Crippen LogP contribution in [-0.4, -0.2) is 23.8 Å². The van der Waals surface area contributed by atoms with Gasteiger partial charge in [0.05, 0.1) is 0 Å². The summed E-state index contributed by atoms with van der Waals surface area (Å²) in [7, 11) is 0. The molecule has 0 bridgehead atoms. The largest absolute Gasteiger partial charge is 0.396 e. The Balaban J connectivity index is 2.56. The molecule has 2 heteroatoms. The third-order valence-corrected chi connectivity index (χ3v) is 5.12. The summed E-state index contributed by atoms with van der Waals surface area (Å²) in [5.74, 6) is 0. The number of hydrogen-bond acceptors (Lipinski definition) is 2. The zero-order valence-electron chi connectivity index (χ0n) is 12.0. The lowest BCUT2D eigenvalue weighted by molar-refractivity contribution is 0.0691. The van der Waals surface area contributed by atoms with Gasteiger partial charge in [-0.1, -0.05) is 40.0 Å². The molecule has 1 aliphatic carbocycles. The van der Waals surface area contributed by atoms with Crippen LogP contribution >= 0.6 is 0 Å². The van der Waals surface area contributed by atoms with Gasteiger partial charge in [-0.25, -0.2) is 0 Å². The number of rotatable bonds is 7. The maximum atomic E-state index is 9.72. The summed E-state index contributed by atoms with van der Waals surface area (Å²) in [5.41, 5.74) is 0.461. The monoisotopic (exact) mass is 241 g/mol. The molecule has 0 spiro atoms. The molecule has 1 aliphatic rings. The van der Waals surface area contributed by atoms with Gasteiger partial charge in [-0.05, 0) is 32.1 Å². The van der Waals surface area contributed by atoms with Gasteiger partial charge < -0.3 is 10.4 Å². The van der Waals surface area contributed by atoms with E-state index in [1.807, 2.05) is 0 Å². The lowest BCUT2D eigenvalue weighted by Crippen LogP contribution is -2.50. The van der Waals surface area contributed by atoms with Crippen LogP contribution in [-0.2, 0) is 0 Å². The van der Waals surface area contributed by atoms with Gasteiger partial charge in [0.15, 0.2) is 0 Å². The van der Waals surface area contributed by atoms with E-state index in [0.29, 0.717) is 12.1 Å². The van der Waals surface area contributed by atoms with E-state index < -0.39 is 0 Å². The molecule has 0 radical (unpaired) electrons. The second-order valence-electron chi connectivity index (χ2n) is 5.91. The first-order valence-corrected chi connectivity index (χ1v) is 7.52. The van der Waals surface area contributed by atoms with E-state index in [9.17, 15) is 5.11 Å². The topological polar surface area (TPSA) is 32.3 Å². The third kappa shape index (κ3) is 3.69. The van der Waals surface area contributed by atoms with Crippen LogP contribution in [0.2, 0.25) is 0 Å². The van der Waals surface area contributed by atoms with Crippen molar-refractivity contribution in [1.29, 1.82) is 0 Å². The first-order valence-electron chi connectivity index (χ1n) is 7.52. The Hall–Kier alpha value is -0.0800. The molecule has 0 aromatic heterocycles. The molecule has 0 saturated heterocycles. The Morgan fingerprint density at radius 1 is 1.00 bits per heavy atom. The molecule has 0 amide bonds. The Bertz CT molecular complexity index is 197. The van der Waals surface area contributed by atoms with Gasteiger partial charge in [-0.15, -0.1) is 0 Å². The third-order valence-electron chi connectivity index (χ3n) is 5.12. The maximum absolute atomic E-state index is 9.72. The predicted molar refractivity (Wildman–Crippen MR) is 74.2 cm³/mol. The average molecular weight is 241 g/mol. The van der Waals surface area contributed by atoms with Crippen molar-refractivity contribution in [2.75, 3.05) is 13.2 Å². The summed E-state index contributed by atoms with van der Waals surface area (Å²) in [5, 5.41) is 13.5. The quantitative estimate of drug-likeness (QED) is 0.715. The number of aliphatic hydroxyl groups is 1. The van der Waals surface area contributed by atoms with Gasteiger partial charge in [-0.2, -0.15) is 0 Å². The highest BCUT2D eigenvalue weighted by Gasteiger charge is 2.34. The van der Waals surface area contributed by atoms with E-state index >= 15 is 0 Å². The summed E-state index contributed by atoms with van der Waals surface area (Å²) in [6.07, 6.45) is 9.87. The molecule has 17 heavy (non-hydrogen) atoms. The van der Waals surface area contributed by atoms with Crippen LogP contribution in [0.25, 0.3) is 0 Å². The molecule has 1 saturated carbocycles. The molecule has 0 aromatic carbocycles. The second-order valence-corrected chi connectivity index (χ2v) is 5.91. The van der Waals surface area contributed by atoms with Crippen LogP contribution in [0.5, 0.6) is 0 Å². The summed E-state index contributed by atoms with van der Waals surface area (Å²) in [4.78, 5) is 0. The Labute approximate surface area is 107 Å². The fourth-order valence-corrected chi connectivity index (χ4v) is 3.19. The number of nitrogens with one attached hydrogen (secondary N) is 1. The van der Waals surface area contributed by atoms with E-state index in [1.165, 1.54) is 51.4 Å². The van der Waals surface area contributed by atoms with E-state index in [1.54, 1.807) is 0 Å². The molecule has 1 fully saturated rings. The molecule has 0 aliphatic heterocycles. The summed E-state index contributed by atoms with van der Waals surface area (Å²) >= 11 is 0. The molecule has 0 heterocycles. The van der Waals surface area contributed by atoms with Crippen LogP contribution in [0.4, 0.5) is 0 Å². The molecule has 0 unspecified atom stereocenters. The number of aliphatic hydroxyl groups excluding tert-OH is 1. The maximum Gasteiger partial charge on any atom is 0.0499 e. The van der Waals surface area contributed by atoms with Crippen LogP contribution < -0.4 is 5.32 Å². The van der Waals surface area contributed by atoms with Crippen molar-refractivity contribution in [3.8, 4) is 0 Å². The molecule has 2 N–H and O–H groups in total. The van der Waals surface area contributed by atoms with Crippen molar-refractivity contribution >= 4 is 0 Å². The highest BCUT2D eigenvalue weighted by atomic mass is 16.3. The standard InChI is InChI=1S/C15H31NO/c1-4-15(5-2,6-3)16-12-14(13-17)10-8-7-9-11-14/h16-17H,4-13H2,1-3H3. The van der Waals surface area contributed by atoms with Gasteiger partial charge in [0.2, 0.25) is 0 Å². The van der Waals surface area contributed by atoms with Crippen molar-refractivity contribution in [1.82, 2.24) is 5.32 Å². The van der Waals surface area contributed by atoms with Gasteiger partial charge in [-0.3, -0.25) is 0 Å². The Morgan fingerprint density at radius 3 is 1.94 bits per heavy atom. The average Bonchev–Trinajstić information content (AvgIpc) is 2.42. The molecule has 102 valence electrons. The van der Waals surface area contributed by atoms with E-state index in [-0.39, 0.29) is 5.41 Å². The first-order chi connectivity index (χ1) is 8.16. The smallest absolute Gasteiger partial charge is 0.0499 e. The van der Waals surface area contributed by atoms with Crippen molar-refractivity contribution in [2.45, 2.75) is 77.7 Å². The predicted octanol–water partition coefficient (Wildman–Crippen LogP) is 3.49. The SMILES string of the molecule is CCC(CC)(CC)NCC1(CO)CCCCC1. The highest BCUT2D eigenvalue weighted by molar-refractivity contribution is 4.90. The summed E-state index contributed by atoms with van der Waals surface area (Å²) in [6, 6.07) is 0. The van der Waals surface area contributed by atoms with Crippen molar-refractivity contribution in [2.24, 2.45) is 5.41 Å². The fourth-order valence-electron chi connectivity index (χ4n) is 3.19. The van der Waals surface area contributed by atoms with Crippen LogP contribution in [0.15, 0.2) is 0 Å². The van der Waals surface area contributed by atoms with Crippen LogP contribution in [0.3, 0.4) is 0 Å². The minimum atomic E-state index is 0.170. The molecule has 0 aromatic rings. The van der Waals surface area contributed by atoms with Gasteiger partial charge >= 0.3 is 0 Å². The Morgan fingerprint density at radius 2 is 1.53 bits per heavy atom. The van der Waals surface area contributed by atoms with E-state index in [4.69, 9.17) is 0 Å². The lowest BCUT2D eigenvalue weighted by Gasteiger charge is -2.41. The molecular formula is C15H31NO. The van der Waals surface area contributed by atoms with Crippen molar-refractivity contribution in [3.05, 3.63) is 0 Å². The molecule has 1 rings (SSSR count). The van der Waals surface area contributed by atoms with Crippen LogP contribution in [0, 0.1) is 5.41 Å². The van der Waals surface area contributed by atoms with Crippen LogP contribution in [0.1, 0.15) is 72.1 Å². The lowest BCUT2D eigenvalue weighted by atomic mass is 9.74. The number of hydrogen-bond donors (Lipinski definition) is 2. The Kier molecular flexibility index (Phi) is 5.94. The highest BCUT2D eigenvalue weighted by Crippen LogP contribution is 2.36. The van der Waals surface area contributed by atoms with Crippen molar-refractivity contribution in [3.63, 3.8) is 0 Å². The van der Waals surface area contributed by atoms with Gasteiger partial charge in [0.1, 0.15) is 0 Å². The normalized spacial score (nSPS) is 20.5. The summed E-state index contributed by atoms with van der Waals surface area (Å²) in [6.45, 7) is 8.16. The molecule has 0 atom stereocenters. The minimum Gasteiger partial charge on any atom is -0.396 e. The minimum absolute atomic E-state index is 0.170. The zero-order valence-corrected chi connectivity index (χ0v) is 12.0. The fraction of sp³-hybridized carbons (Fsp3) is 1.00.